The molecule has 0 fully saturated rings. The van der Waals surface area contributed by atoms with E-state index in [-0.39, 0.29) is 29.8 Å². The molecule has 9 heteroatoms. The zero-order valence-electron chi connectivity index (χ0n) is 25.4. The standard InChI is InChI=1S/C35H38FN3O4S/c1-25(2)37-35(41)33(22-28-13-7-5-8-14-28)38(23-29-18-20-30(36)21-19-29)34(40)24-39(32-17-11-12-26(3)27(32)4)44(42,43)31-15-9-6-10-16-31/h5-21,25,33H,22-24H2,1-4H3,(H,37,41)/t33-/m1/s1. The van der Waals surface area contributed by atoms with Gasteiger partial charge in [0.25, 0.3) is 10.0 Å². The summed E-state index contributed by atoms with van der Waals surface area (Å²) in [5.41, 5.74) is 3.37. The largest absolute Gasteiger partial charge is 0.352 e. The number of halogens is 1. The van der Waals surface area contributed by atoms with E-state index in [9.17, 15) is 22.4 Å². The van der Waals surface area contributed by atoms with Crippen molar-refractivity contribution in [1.82, 2.24) is 10.2 Å². The van der Waals surface area contributed by atoms with Gasteiger partial charge in [0.1, 0.15) is 18.4 Å². The molecular weight excluding hydrogens is 577 g/mol. The summed E-state index contributed by atoms with van der Waals surface area (Å²) in [7, 11) is -4.19. The lowest BCUT2D eigenvalue weighted by Gasteiger charge is -2.34. The number of benzene rings is 4. The molecule has 0 bridgehead atoms. The van der Waals surface area contributed by atoms with Gasteiger partial charge in [0.2, 0.25) is 11.8 Å². The predicted molar refractivity (Wildman–Crippen MR) is 171 cm³/mol. The van der Waals surface area contributed by atoms with E-state index in [4.69, 9.17) is 0 Å². The number of rotatable bonds is 12. The Morgan fingerprint density at radius 1 is 0.795 bits per heavy atom. The number of aryl methyl sites for hydroxylation is 1. The van der Waals surface area contributed by atoms with Crippen LogP contribution >= 0.6 is 0 Å². The van der Waals surface area contributed by atoms with Crippen molar-refractivity contribution < 1.29 is 22.4 Å². The van der Waals surface area contributed by atoms with Crippen LogP contribution in [-0.2, 0) is 32.6 Å². The Morgan fingerprint density at radius 2 is 1.41 bits per heavy atom. The van der Waals surface area contributed by atoms with Crippen molar-refractivity contribution in [2.24, 2.45) is 0 Å². The van der Waals surface area contributed by atoms with Gasteiger partial charge in [-0.2, -0.15) is 0 Å². The molecule has 7 nitrogen and oxygen atoms in total. The van der Waals surface area contributed by atoms with Gasteiger partial charge in [-0.1, -0.05) is 72.8 Å². The summed E-state index contributed by atoms with van der Waals surface area (Å²) in [6, 6.07) is 27.1. The minimum atomic E-state index is -4.19. The number of carbonyl (C=O) groups excluding carboxylic acids is 2. The fraction of sp³-hybridized carbons (Fsp3) is 0.257. The second-order valence-electron chi connectivity index (χ2n) is 11.1. The summed E-state index contributed by atoms with van der Waals surface area (Å²) in [5.74, 6) is -1.38. The lowest BCUT2D eigenvalue weighted by molar-refractivity contribution is -0.140. The first-order valence-electron chi connectivity index (χ1n) is 14.5. The molecule has 0 radical (unpaired) electrons. The van der Waals surface area contributed by atoms with Crippen LogP contribution in [0.25, 0.3) is 0 Å². The third-order valence-corrected chi connectivity index (χ3v) is 9.20. The summed E-state index contributed by atoms with van der Waals surface area (Å²) in [6.45, 7) is 6.77. The SMILES string of the molecule is Cc1cccc(N(CC(=O)N(Cc2ccc(F)cc2)[C@H](Cc2ccccc2)C(=O)NC(C)C)S(=O)(=O)c2ccccc2)c1C. The van der Waals surface area contributed by atoms with Crippen molar-refractivity contribution in [1.29, 1.82) is 0 Å². The third-order valence-electron chi connectivity index (χ3n) is 7.42. The van der Waals surface area contributed by atoms with E-state index in [2.05, 4.69) is 5.32 Å². The lowest BCUT2D eigenvalue weighted by Crippen LogP contribution is -2.54. The topological polar surface area (TPSA) is 86.8 Å². The Balaban J connectivity index is 1.82. The second kappa shape index (κ2) is 14.3. The van der Waals surface area contributed by atoms with Gasteiger partial charge in [-0.05, 0) is 80.3 Å². The van der Waals surface area contributed by atoms with E-state index < -0.39 is 34.3 Å². The Labute approximate surface area is 259 Å². The van der Waals surface area contributed by atoms with Crippen LogP contribution in [0.4, 0.5) is 10.1 Å². The molecule has 2 amide bonds. The Bertz CT molecular complexity index is 1680. The van der Waals surface area contributed by atoms with Crippen molar-refractivity contribution in [2.75, 3.05) is 10.8 Å². The van der Waals surface area contributed by atoms with Gasteiger partial charge in [-0.25, -0.2) is 12.8 Å². The third kappa shape index (κ3) is 7.90. The van der Waals surface area contributed by atoms with Crippen molar-refractivity contribution in [3.8, 4) is 0 Å². The molecule has 0 unspecified atom stereocenters. The van der Waals surface area contributed by atoms with Crippen LogP contribution in [0.1, 0.15) is 36.1 Å². The van der Waals surface area contributed by atoms with Gasteiger partial charge < -0.3 is 10.2 Å². The molecule has 0 aliphatic heterocycles. The second-order valence-corrected chi connectivity index (χ2v) is 12.9. The molecule has 44 heavy (non-hydrogen) atoms. The summed E-state index contributed by atoms with van der Waals surface area (Å²) in [4.78, 5) is 29.6. The molecular formula is C35H38FN3O4S. The fourth-order valence-electron chi connectivity index (χ4n) is 4.96. The maximum Gasteiger partial charge on any atom is 0.264 e. The van der Waals surface area contributed by atoms with Crippen molar-refractivity contribution in [3.63, 3.8) is 0 Å². The van der Waals surface area contributed by atoms with E-state index in [1.54, 1.807) is 42.5 Å². The number of hydrogen-bond donors (Lipinski definition) is 1. The van der Waals surface area contributed by atoms with Gasteiger partial charge in [0.15, 0.2) is 0 Å². The highest BCUT2D eigenvalue weighted by molar-refractivity contribution is 7.92. The highest BCUT2D eigenvalue weighted by atomic mass is 32.2. The number of nitrogens with one attached hydrogen (secondary N) is 1. The van der Waals surface area contributed by atoms with Crippen LogP contribution in [0.15, 0.2) is 108 Å². The molecule has 4 aromatic carbocycles. The predicted octanol–water partition coefficient (Wildman–Crippen LogP) is 5.80. The quantitative estimate of drug-likeness (QED) is 0.218. The fourth-order valence-corrected chi connectivity index (χ4v) is 6.45. The van der Waals surface area contributed by atoms with Crippen LogP contribution < -0.4 is 9.62 Å². The highest BCUT2D eigenvalue weighted by Gasteiger charge is 2.35. The van der Waals surface area contributed by atoms with E-state index >= 15 is 0 Å². The number of carbonyl (C=O) groups is 2. The Hall–Kier alpha value is -4.50. The Morgan fingerprint density at radius 3 is 2.02 bits per heavy atom. The van der Waals surface area contributed by atoms with Gasteiger partial charge >= 0.3 is 0 Å². The maximum atomic E-state index is 14.5. The number of amides is 2. The monoisotopic (exact) mass is 615 g/mol. The first kappa shape index (κ1) is 32.4. The van der Waals surface area contributed by atoms with Gasteiger partial charge in [0.05, 0.1) is 10.6 Å². The highest BCUT2D eigenvalue weighted by Crippen LogP contribution is 2.29. The van der Waals surface area contributed by atoms with Crippen LogP contribution in [-0.4, -0.2) is 43.8 Å². The molecule has 4 rings (SSSR count). The van der Waals surface area contributed by atoms with Crippen molar-refractivity contribution in [3.05, 3.63) is 131 Å². The summed E-state index contributed by atoms with van der Waals surface area (Å²) >= 11 is 0. The molecule has 230 valence electrons. The number of hydrogen-bond acceptors (Lipinski definition) is 4. The Kier molecular flexibility index (Phi) is 10.5. The molecule has 0 saturated carbocycles. The normalized spacial score (nSPS) is 12.0. The molecule has 0 spiro atoms. The molecule has 0 aromatic heterocycles. The molecule has 0 saturated heterocycles. The summed E-state index contributed by atoms with van der Waals surface area (Å²) in [5, 5.41) is 2.93. The number of anilines is 1. The summed E-state index contributed by atoms with van der Waals surface area (Å²) in [6.07, 6.45) is 0.196. The van der Waals surface area contributed by atoms with Crippen molar-refractivity contribution >= 4 is 27.5 Å². The van der Waals surface area contributed by atoms with Gasteiger partial charge in [-0.15, -0.1) is 0 Å². The average molecular weight is 616 g/mol. The minimum Gasteiger partial charge on any atom is -0.352 e. The number of sulfonamides is 1. The molecule has 1 atom stereocenters. The average Bonchev–Trinajstić information content (AvgIpc) is 3.00. The van der Waals surface area contributed by atoms with Crippen LogP contribution in [0.3, 0.4) is 0 Å². The number of nitrogens with zero attached hydrogens (tertiary/aromatic N) is 2. The van der Waals surface area contributed by atoms with Gasteiger partial charge in [0, 0.05) is 19.0 Å². The molecule has 4 aromatic rings. The maximum absolute atomic E-state index is 14.5. The molecule has 0 aliphatic rings. The zero-order chi connectivity index (χ0) is 31.9. The van der Waals surface area contributed by atoms with E-state index in [0.717, 1.165) is 15.4 Å². The zero-order valence-corrected chi connectivity index (χ0v) is 26.2. The van der Waals surface area contributed by atoms with Crippen molar-refractivity contribution in [2.45, 2.75) is 57.6 Å². The van der Waals surface area contributed by atoms with E-state index in [1.165, 1.54) is 29.2 Å². The van der Waals surface area contributed by atoms with E-state index in [1.807, 2.05) is 64.1 Å². The van der Waals surface area contributed by atoms with Gasteiger partial charge in [-0.3, -0.25) is 13.9 Å². The molecule has 0 aliphatic carbocycles. The first-order chi connectivity index (χ1) is 21.0. The lowest BCUT2D eigenvalue weighted by atomic mass is 10.0. The van der Waals surface area contributed by atoms with Crippen LogP contribution in [0.2, 0.25) is 0 Å². The summed E-state index contributed by atoms with van der Waals surface area (Å²) < 4.78 is 43.2. The molecule has 1 N–H and O–H groups in total. The minimum absolute atomic E-state index is 0.0336. The molecule has 0 heterocycles. The smallest absolute Gasteiger partial charge is 0.264 e. The first-order valence-corrected chi connectivity index (χ1v) is 15.9. The van der Waals surface area contributed by atoms with E-state index in [0.29, 0.717) is 16.8 Å². The van der Waals surface area contributed by atoms with Crippen LogP contribution in [0.5, 0.6) is 0 Å². The van der Waals surface area contributed by atoms with Crippen LogP contribution in [0, 0.1) is 19.7 Å².